The van der Waals surface area contributed by atoms with Crippen LogP contribution in [0.2, 0.25) is 26.2 Å². The Kier molecular flexibility index (Phi) is 6.75. The SMILES string of the molecule is C[Si]1(C)c2ccccc2N(c2ccc(C3=NS(=O)(=O)N=C3c3ccc(N4c5ccccc5[Si](C)(C)c5ccccc54)s3)s2)c2ccccc21. The van der Waals surface area contributed by atoms with Crippen LogP contribution in [0.5, 0.6) is 0 Å². The van der Waals surface area contributed by atoms with Gasteiger partial charge in [0.1, 0.15) is 37.6 Å². The molecule has 9 rings (SSSR count). The highest BCUT2D eigenvalue weighted by Crippen LogP contribution is 2.44. The first-order chi connectivity index (χ1) is 23.5. The standard InChI is InChI=1S/C38H32N4O2S3Si2/c1-48(2)31-17-9-5-13-25(31)41(26-14-6-10-18-32(26)48)35-23-21-29(45-35)37-38(40-47(43,44)39-37)30-22-24-36(46-30)42-27-15-7-11-19-33(27)49(3,4)34-20-12-8-16-28(34)42/h5-24H,1-4H3. The summed E-state index contributed by atoms with van der Waals surface area (Å²) >= 11 is 3.09. The van der Waals surface area contributed by atoms with Gasteiger partial charge in [-0.25, -0.2) is 0 Å². The van der Waals surface area contributed by atoms with Crippen molar-refractivity contribution in [3.05, 3.63) is 131 Å². The molecule has 0 saturated carbocycles. The summed E-state index contributed by atoms with van der Waals surface area (Å²) < 4.78 is 34.5. The van der Waals surface area contributed by atoms with Crippen molar-refractivity contribution in [1.82, 2.24) is 0 Å². The van der Waals surface area contributed by atoms with Crippen molar-refractivity contribution in [2.75, 3.05) is 9.80 Å². The molecule has 0 amide bonds. The molecule has 0 fully saturated rings. The van der Waals surface area contributed by atoms with Gasteiger partial charge >= 0.3 is 10.2 Å². The zero-order valence-corrected chi connectivity index (χ0v) is 31.8. The van der Waals surface area contributed by atoms with Crippen LogP contribution in [-0.2, 0) is 10.2 Å². The molecule has 3 aliphatic heterocycles. The van der Waals surface area contributed by atoms with Crippen molar-refractivity contribution in [3.8, 4) is 0 Å². The summed E-state index contributed by atoms with van der Waals surface area (Å²) in [5, 5.41) is 7.53. The minimum absolute atomic E-state index is 0.394. The van der Waals surface area contributed by atoms with Gasteiger partial charge in [-0.3, -0.25) is 0 Å². The molecule has 5 heterocycles. The fourth-order valence-corrected chi connectivity index (χ4v) is 16.6. The van der Waals surface area contributed by atoms with Crippen LogP contribution < -0.4 is 30.5 Å². The molecule has 0 radical (unpaired) electrons. The van der Waals surface area contributed by atoms with E-state index < -0.39 is 26.4 Å². The van der Waals surface area contributed by atoms with Gasteiger partial charge in [-0.05, 0) is 69.3 Å². The first kappa shape index (κ1) is 30.6. The Bertz CT molecular complexity index is 2250. The minimum Gasteiger partial charge on any atom is -0.302 e. The second kappa shape index (κ2) is 10.8. The molecule has 0 spiro atoms. The molecule has 4 aromatic carbocycles. The summed E-state index contributed by atoms with van der Waals surface area (Å²) in [6.07, 6.45) is 0. The number of benzene rings is 4. The van der Waals surface area contributed by atoms with E-state index in [2.05, 4.69) is 154 Å². The maximum atomic E-state index is 13.0. The number of anilines is 6. The Hall–Kier alpha value is -4.40. The number of hydrogen-bond acceptors (Lipinski definition) is 6. The molecule has 11 heteroatoms. The van der Waals surface area contributed by atoms with Crippen LogP contribution in [0.3, 0.4) is 0 Å². The summed E-state index contributed by atoms with van der Waals surface area (Å²) in [4.78, 5) is 6.17. The Labute approximate surface area is 296 Å². The molecular formula is C38H32N4O2S3Si2. The summed E-state index contributed by atoms with van der Waals surface area (Å²) in [5.41, 5.74) is 5.50. The zero-order valence-electron chi connectivity index (χ0n) is 27.4. The lowest BCUT2D eigenvalue weighted by Crippen LogP contribution is -2.58. The normalized spacial score (nSPS) is 17.8. The predicted molar refractivity (Wildman–Crippen MR) is 213 cm³/mol. The largest absolute Gasteiger partial charge is 0.364 e. The summed E-state index contributed by atoms with van der Waals surface area (Å²) in [5.74, 6) is 0. The third-order valence-electron chi connectivity index (χ3n) is 10.0. The number of thiophene rings is 2. The van der Waals surface area contributed by atoms with Crippen LogP contribution in [0.25, 0.3) is 0 Å². The van der Waals surface area contributed by atoms with Crippen LogP contribution >= 0.6 is 22.7 Å². The number of hydrogen-bond donors (Lipinski definition) is 0. The molecular weight excluding hydrogens is 697 g/mol. The van der Waals surface area contributed by atoms with Gasteiger partial charge in [-0.1, -0.05) is 99.0 Å². The monoisotopic (exact) mass is 728 g/mol. The van der Waals surface area contributed by atoms with Crippen molar-refractivity contribution in [2.45, 2.75) is 26.2 Å². The van der Waals surface area contributed by atoms with Gasteiger partial charge in [0.2, 0.25) is 0 Å². The van der Waals surface area contributed by atoms with Crippen molar-refractivity contribution in [2.24, 2.45) is 8.80 Å². The molecule has 0 atom stereocenters. The van der Waals surface area contributed by atoms with Crippen LogP contribution in [-0.4, -0.2) is 36.0 Å². The van der Waals surface area contributed by atoms with Gasteiger partial charge in [-0.15, -0.1) is 31.5 Å². The highest BCUT2D eigenvalue weighted by molar-refractivity contribution is 7.89. The quantitative estimate of drug-likeness (QED) is 0.176. The molecule has 0 unspecified atom stereocenters. The van der Waals surface area contributed by atoms with E-state index in [1.165, 1.54) is 43.5 Å². The number of rotatable bonds is 4. The molecule has 0 N–H and O–H groups in total. The van der Waals surface area contributed by atoms with Crippen molar-refractivity contribution >= 4 is 114 Å². The van der Waals surface area contributed by atoms with Crippen LogP contribution in [0, 0.1) is 0 Å². The average Bonchev–Trinajstić information content (AvgIpc) is 3.84. The highest BCUT2D eigenvalue weighted by Gasteiger charge is 2.40. The van der Waals surface area contributed by atoms with Crippen molar-refractivity contribution < 1.29 is 8.42 Å². The molecule has 6 nitrogen and oxygen atoms in total. The maximum Gasteiger partial charge on any atom is 0.364 e. The maximum absolute atomic E-state index is 13.0. The zero-order chi connectivity index (χ0) is 33.7. The highest BCUT2D eigenvalue weighted by atomic mass is 32.2. The summed E-state index contributed by atoms with van der Waals surface area (Å²) in [6, 6.07) is 42.8. The van der Waals surface area contributed by atoms with Gasteiger partial charge in [0, 0.05) is 22.7 Å². The fraction of sp³-hybridized carbons (Fsp3) is 0.105. The topological polar surface area (TPSA) is 65.3 Å². The van der Waals surface area contributed by atoms with E-state index in [1.54, 1.807) is 22.7 Å². The van der Waals surface area contributed by atoms with E-state index in [1.807, 2.05) is 12.1 Å². The first-order valence-corrected chi connectivity index (χ1v) is 25.2. The Morgan fingerprint density at radius 3 is 1.10 bits per heavy atom. The van der Waals surface area contributed by atoms with Gasteiger partial charge < -0.3 is 9.80 Å². The lowest BCUT2D eigenvalue weighted by molar-refractivity contribution is 0.601. The first-order valence-electron chi connectivity index (χ1n) is 16.2. The van der Waals surface area contributed by atoms with E-state index in [0.717, 1.165) is 19.8 Å². The molecule has 3 aliphatic rings. The molecule has 2 aromatic heterocycles. The fourth-order valence-electron chi connectivity index (χ4n) is 7.62. The van der Waals surface area contributed by atoms with E-state index in [9.17, 15) is 8.42 Å². The van der Waals surface area contributed by atoms with Gasteiger partial charge in [0.15, 0.2) is 0 Å². The van der Waals surface area contributed by atoms with Crippen LogP contribution in [0.4, 0.5) is 32.8 Å². The van der Waals surface area contributed by atoms with E-state index in [0.29, 0.717) is 11.4 Å². The average molecular weight is 729 g/mol. The number of para-hydroxylation sites is 4. The van der Waals surface area contributed by atoms with Crippen LogP contribution in [0.15, 0.2) is 130 Å². The minimum atomic E-state index is -4.02. The Morgan fingerprint density at radius 2 is 0.776 bits per heavy atom. The molecule has 6 aromatic rings. The summed E-state index contributed by atoms with van der Waals surface area (Å²) in [7, 11) is -7.87. The number of fused-ring (bicyclic) bond motifs is 4. The second-order valence-electron chi connectivity index (χ2n) is 13.6. The lowest BCUT2D eigenvalue weighted by Gasteiger charge is -2.40. The Morgan fingerprint density at radius 1 is 0.469 bits per heavy atom. The van der Waals surface area contributed by atoms with E-state index in [4.69, 9.17) is 0 Å². The predicted octanol–water partition coefficient (Wildman–Crippen LogP) is 7.56. The third kappa shape index (κ3) is 4.64. The van der Waals surface area contributed by atoms with Crippen LogP contribution in [0.1, 0.15) is 9.75 Å². The van der Waals surface area contributed by atoms with Crippen molar-refractivity contribution in [3.63, 3.8) is 0 Å². The second-order valence-corrected chi connectivity index (χ2v) is 25.6. The smallest absolute Gasteiger partial charge is 0.302 e. The molecule has 49 heavy (non-hydrogen) atoms. The molecule has 0 saturated heterocycles. The number of nitrogens with zero attached hydrogens (tertiary/aromatic N) is 4. The Balaban J connectivity index is 1.12. The third-order valence-corrected chi connectivity index (χ3v) is 20.1. The van der Waals surface area contributed by atoms with Gasteiger partial charge in [0.25, 0.3) is 0 Å². The van der Waals surface area contributed by atoms with E-state index in [-0.39, 0.29) is 0 Å². The molecule has 242 valence electrons. The van der Waals surface area contributed by atoms with Gasteiger partial charge in [0.05, 0.1) is 9.75 Å². The molecule has 0 bridgehead atoms. The summed E-state index contributed by atoms with van der Waals surface area (Å²) in [6.45, 7) is 9.62. The molecule has 0 aliphatic carbocycles. The lowest BCUT2D eigenvalue weighted by atomic mass is 10.1. The van der Waals surface area contributed by atoms with Gasteiger partial charge in [-0.2, -0.15) is 8.42 Å². The van der Waals surface area contributed by atoms with E-state index >= 15 is 0 Å². The van der Waals surface area contributed by atoms with Crippen molar-refractivity contribution in [1.29, 1.82) is 0 Å².